The molecule has 3 rings (SSSR count). The topological polar surface area (TPSA) is 86.7 Å². The molecule has 1 fully saturated rings. The number of nitrogens with one attached hydrogen (secondary N) is 1. The number of anilines is 1. The van der Waals surface area contributed by atoms with Gasteiger partial charge in [-0.3, -0.25) is 4.79 Å². The van der Waals surface area contributed by atoms with Gasteiger partial charge in [-0.1, -0.05) is 29.8 Å². The molecule has 30 heavy (non-hydrogen) atoms. The lowest BCUT2D eigenvalue weighted by Gasteiger charge is -2.32. The molecule has 0 radical (unpaired) electrons. The first-order valence-electron chi connectivity index (χ1n) is 9.66. The zero-order valence-corrected chi connectivity index (χ0v) is 19.6. The minimum absolute atomic E-state index is 0.0190. The van der Waals surface area contributed by atoms with E-state index in [2.05, 4.69) is 20.7 Å². The predicted octanol–water partition coefficient (Wildman–Crippen LogP) is 3.96. The summed E-state index contributed by atoms with van der Waals surface area (Å²) < 4.78 is 27.8. The molecular formula is C21H24BrClN2O4S. The number of carbonyl (C=O) groups is 1. The summed E-state index contributed by atoms with van der Waals surface area (Å²) in [6, 6.07) is 13.5. The summed E-state index contributed by atoms with van der Waals surface area (Å²) in [6.07, 6.45) is 1.22. The summed E-state index contributed by atoms with van der Waals surface area (Å²) in [7, 11) is -2.09. The van der Waals surface area contributed by atoms with E-state index in [4.69, 9.17) is 11.6 Å². The Morgan fingerprint density at radius 3 is 2.53 bits per heavy atom. The Morgan fingerprint density at radius 1 is 1.13 bits per heavy atom. The molecule has 0 aliphatic heterocycles. The van der Waals surface area contributed by atoms with Crippen LogP contribution in [0, 0.1) is 5.92 Å². The molecule has 6 nitrogen and oxygen atoms in total. The number of aliphatic hydroxyl groups excluding tert-OH is 1. The molecule has 1 aliphatic carbocycles. The molecule has 0 saturated heterocycles. The SMILES string of the molecule is CN(c1cccc(Cl)c1)[C@H]1CC[C@@H](C(=O)NS(=O)(=O)c2ccccc2Br)CC[C@@H]1O. The Labute approximate surface area is 190 Å². The van der Waals surface area contributed by atoms with Gasteiger partial charge in [0.1, 0.15) is 4.90 Å². The fourth-order valence-electron chi connectivity index (χ4n) is 3.81. The van der Waals surface area contributed by atoms with Crippen molar-refractivity contribution >= 4 is 49.1 Å². The summed E-state index contributed by atoms with van der Waals surface area (Å²) in [5.41, 5.74) is 0.881. The lowest BCUT2D eigenvalue weighted by molar-refractivity contribution is -0.123. The molecule has 3 atom stereocenters. The number of amides is 1. The van der Waals surface area contributed by atoms with Crippen LogP contribution in [0.2, 0.25) is 5.02 Å². The minimum Gasteiger partial charge on any atom is -0.391 e. The molecule has 162 valence electrons. The Kier molecular flexibility index (Phi) is 7.44. The Hall–Kier alpha value is -1.61. The van der Waals surface area contributed by atoms with Crippen molar-refractivity contribution in [1.29, 1.82) is 0 Å². The van der Waals surface area contributed by atoms with Gasteiger partial charge >= 0.3 is 0 Å². The van der Waals surface area contributed by atoms with Gasteiger partial charge in [0.2, 0.25) is 5.91 Å². The minimum atomic E-state index is -3.98. The maximum atomic E-state index is 12.7. The van der Waals surface area contributed by atoms with Gasteiger partial charge in [0.15, 0.2) is 0 Å². The van der Waals surface area contributed by atoms with Gasteiger partial charge in [0.05, 0.1) is 12.1 Å². The van der Waals surface area contributed by atoms with Crippen molar-refractivity contribution in [1.82, 2.24) is 4.72 Å². The van der Waals surface area contributed by atoms with Crippen LogP contribution in [0.4, 0.5) is 5.69 Å². The number of aliphatic hydroxyl groups is 1. The number of sulfonamides is 1. The van der Waals surface area contributed by atoms with Gasteiger partial charge in [-0.05, 0) is 71.9 Å². The summed E-state index contributed by atoms with van der Waals surface area (Å²) in [4.78, 5) is 14.7. The number of benzene rings is 2. The highest BCUT2D eigenvalue weighted by atomic mass is 79.9. The molecule has 2 aromatic rings. The molecule has 1 aliphatic rings. The molecule has 1 saturated carbocycles. The van der Waals surface area contributed by atoms with E-state index in [1.165, 1.54) is 6.07 Å². The summed E-state index contributed by atoms with van der Waals surface area (Å²) in [5, 5.41) is 11.3. The van der Waals surface area contributed by atoms with Crippen LogP contribution >= 0.6 is 27.5 Å². The number of halogens is 2. The third-order valence-corrected chi connectivity index (χ3v) is 8.10. The quantitative estimate of drug-likeness (QED) is 0.589. The highest BCUT2D eigenvalue weighted by Crippen LogP contribution is 2.30. The van der Waals surface area contributed by atoms with Crippen molar-refractivity contribution in [2.45, 2.75) is 42.7 Å². The number of rotatable bonds is 5. The predicted molar refractivity (Wildman–Crippen MR) is 121 cm³/mol. The molecule has 9 heteroatoms. The molecule has 0 heterocycles. The van der Waals surface area contributed by atoms with E-state index < -0.39 is 28.0 Å². The van der Waals surface area contributed by atoms with E-state index in [-0.39, 0.29) is 10.9 Å². The van der Waals surface area contributed by atoms with Crippen LogP contribution < -0.4 is 9.62 Å². The highest BCUT2D eigenvalue weighted by Gasteiger charge is 2.33. The van der Waals surface area contributed by atoms with E-state index in [0.29, 0.717) is 35.2 Å². The number of likely N-dealkylation sites (N-methyl/N-ethyl adjacent to an activating group) is 1. The Morgan fingerprint density at radius 2 is 1.83 bits per heavy atom. The first kappa shape index (κ1) is 23.1. The van der Waals surface area contributed by atoms with E-state index in [9.17, 15) is 18.3 Å². The van der Waals surface area contributed by atoms with Gasteiger partial charge in [0, 0.05) is 28.1 Å². The third kappa shape index (κ3) is 5.35. The molecule has 0 spiro atoms. The van der Waals surface area contributed by atoms with Gasteiger partial charge in [0.25, 0.3) is 10.0 Å². The van der Waals surface area contributed by atoms with Crippen molar-refractivity contribution < 1.29 is 18.3 Å². The number of hydrogen-bond donors (Lipinski definition) is 2. The van der Waals surface area contributed by atoms with Gasteiger partial charge in [-0.2, -0.15) is 0 Å². The molecule has 0 bridgehead atoms. The zero-order valence-electron chi connectivity index (χ0n) is 16.5. The first-order valence-corrected chi connectivity index (χ1v) is 12.3. The first-order chi connectivity index (χ1) is 14.2. The number of carbonyl (C=O) groups excluding carboxylic acids is 1. The highest BCUT2D eigenvalue weighted by molar-refractivity contribution is 9.10. The van der Waals surface area contributed by atoms with Crippen LogP contribution in [0.3, 0.4) is 0 Å². The van der Waals surface area contributed by atoms with E-state index >= 15 is 0 Å². The van der Waals surface area contributed by atoms with Crippen molar-refractivity contribution in [2.75, 3.05) is 11.9 Å². The fraction of sp³-hybridized carbons (Fsp3) is 0.381. The lowest BCUT2D eigenvalue weighted by Crippen LogP contribution is -2.40. The van der Waals surface area contributed by atoms with Crippen molar-refractivity contribution in [3.8, 4) is 0 Å². The lowest BCUT2D eigenvalue weighted by atomic mass is 9.99. The van der Waals surface area contributed by atoms with Crippen LogP contribution in [-0.2, 0) is 14.8 Å². The monoisotopic (exact) mass is 514 g/mol. The van der Waals surface area contributed by atoms with Crippen molar-refractivity contribution in [2.24, 2.45) is 5.92 Å². The van der Waals surface area contributed by atoms with Gasteiger partial charge in [-0.25, -0.2) is 13.1 Å². The standard InChI is InChI=1S/C21H24BrClN2O4S/c1-25(16-6-4-5-15(23)13-16)18-11-9-14(10-12-19(18)26)21(27)24-30(28,29)20-8-3-2-7-17(20)22/h2-8,13-14,18-19,26H,9-12H2,1H3,(H,24,27)/t14-,18+,19+/m1/s1. The molecule has 0 unspecified atom stereocenters. The summed E-state index contributed by atoms with van der Waals surface area (Å²) >= 11 is 9.29. The van der Waals surface area contributed by atoms with Gasteiger partial charge in [-0.15, -0.1) is 0 Å². The maximum absolute atomic E-state index is 12.7. The van der Waals surface area contributed by atoms with E-state index in [1.807, 2.05) is 30.1 Å². The normalized spacial score (nSPS) is 22.2. The van der Waals surface area contributed by atoms with Crippen LogP contribution in [0.1, 0.15) is 25.7 Å². The molecule has 2 aromatic carbocycles. The smallest absolute Gasteiger partial charge is 0.265 e. The Balaban J connectivity index is 1.69. The fourth-order valence-corrected chi connectivity index (χ4v) is 6.04. The van der Waals surface area contributed by atoms with E-state index in [0.717, 1.165) is 5.69 Å². The molecule has 0 aromatic heterocycles. The second kappa shape index (κ2) is 9.68. The molecule has 2 N–H and O–H groups in total. The number of hydrogen-bond acceptors (Lipinski definition) is 5. The number of nitrogens with zero attached hydrogens (tertiary/aromatic N) is 1. The average molecular weight is 516 g/mol. The van der Waals surface area contributed by atoms with Crippen LogP contribution in [-0.4, -0.2) is 38.6 Å². The van der Waals surface area contributed by atoms with Crippen LogP contribution in [0.15, 0.2) is 57.9 Å². The van der Waals surface area contributed by atoms with Crippen LogP contribution in [0.5, 0.6) is 0 Å². The third-order valence-electron chi connectivity index (χ3n) is 5.51. The summed E-state index contributed by atoms with van der Waals surface area (Å²) in [5.74, 6) is -1.03. The zero-order chi connectivity index (χ0) is 21.9. The van der Waals surface area contributed by atoms with Crippen LogP contribution in [0.25, 0.3) is 0 Å². The molecular weight excluding hydrogens is 492 g/mol. The van der Waals surface area contributed by atoms with Crippen molar-refractivity contribution in [3.05, 3.63) is 58.0 Å². The Bertz CT molecular complexity index is 1020. The largest absolute Gasteiger partial charge is 0.391 e. The van der Waals surface area contributed by atoms with Gasteiger partial charge < -0.3 is 10.0 Å². The second-order valence-corrected chi connectivity index (χ2v) is 10.4. The average Bonchev–Trinajstić information content (AvgIpc) is 2.89. The maximum Gasteiger partial charge on any atom is 0.265 e. The van der Waals surface area contributed by atoms with E-state index in [1.54, 1.807) is 24.3 Å². The second-order valence-electron chi connectivity index (χ2n) is 7.48. The van der Waals surface area contributed by atoms with Crippen molar-refractivity contribution in [3.63, 3.8) is 0 Å². The summed E-state index contributed by atoms with van der Waals surface area (Å²) in [6.45, 7) is 0. The molecule has 1 amide bonds.